The van der Waals surface area contributed by atoms with Crippen molar-refractivity contribution in [1.82, 2.24) is 4.98 Å². The van der Waals surface area contributed by atoms with Gasteiger partial charge in [-0.2, -0.15) is 0 Å². The van der Waals surface area contributed by atoms with E-state index >= 15 is 0 Å². The number of nitrogen functional groups attached to an aromatic ring is 1. The van der Waals surface area contributed by atoms with E-state index in [9.17, 15) is 4.79 Å². The van der Waals surface area contributed by atoms with Crippen LogP contribution in [0.15, 0.2) is 12.3 Å². The van der Waals surface area contributed by atoms with Gasteiger partial charge in [-0.3, -0.25) is 0 Å². The number of nitrogens with zero attached hydrogens (tertiary/aromatic N) is 1. The summed E-state index contributed by atoms with van der Waals surface area (Å²) in [4.78, 5) is 15.4. The third kappa shape index (κ3) is 3.35. The number of esters is 1. The van der Waals surface area contributed by atoms with Crippen LogP contribution >= 0.6 is 11.6 Å². The molecule has 5 nitrogen and oxygen atoms in total. The molecule has 0 atom stereocenters. The van der Waals surface area contributed by atoms with Crippen molar-refractivity contribution in [3.05, 3.63) is 28.7 Å². The Morgan fingerprint density at radius 2 is 2.35 bits per heavy atom. The number of aromatic nitrogens is 1. The van der Waals surface area contributed by atoms with Gasteiger partial charge in [-0.1, -0.05) is 11.6 Å². The minimum absolute atomic E-state index is 0.0634. The van der Waals surface area contributed by atoms with Gasteiger partial charge in [0, 0.05) is 11.3 Å². The summed E-state index contributed by atoms with van der Waals surface area (Å²) in [6.45, 7) is 2.36. The largest absolute Gasteiger partial charge is 0.501 e. The van der Waals surface area contributed by atoms with Crippen molar-refractivity contribution in [1.29, 1.82) is 0 Å². The van der Waals surface area contributed by atoms with Crippen LogP contribution in [0.25, 0.3) is 6.08 Å². The lowest BCUT2D eigenvalue weighted by molar-refractivity contribution is 0.0594. The summed E-state index contributed by atoms with van der Waals surface area (Å²) in [5, 5.41) is 0.136. The molecule has 0 bridgehead atoms. The number of carbonyl (C=O) groups is 1. The van der Waals surface area contributed by atoms with Crippen molar-refractivity contribution < 1.29 is 14.3 Å². The lowest BCUT2D eigenvalue weighted by Crippen LogP contribution is -2.09. The fourth-order valence-corrected chi connectivity index (χ4v) is 1.38. The molecule has 1 heterocycles. The first-order valence-corrected chi connectivity index (χ1v) is 5.30. The molecule has 1 aromatic heterocycles. The van der Waals surface area contributed by atoms with Gasteiger partial charge in [0.25, 0.3) is 0 Å². The molecule has 6 heteroatoms. The van der Waals surface area contributed by atoms with Crippen molar-refractivity contribution in [3.8, 4) is 0 Å². The zero-order valence-corrected chi connectivity index (χ0v) is 10.3. The molecule has 0 unspecified atom stereocenters. The Morgan fingerprint density at radius 1 is 1.65 bits per heavy atom. The molecular formula is C11H13ClN2O3. The van der Waals surface area contributed by atoms with E-state index in [-0.39, 0.29) is 10.8 Å². The second-order valence-corrected chi connectivity index (χ2v) is 3.43. The van der Waals surface area contributed by atoms with Crippen molar-refractivity contribution in [2.75, 3.05) is 19.5 Å². The smallest absolute Gasteiger partial charge is 0.357 e. The maximum Gasteiger partial charge on any atom is 0.357 e. The van der Waals surface area contributed by atoms with Gasteiger partial charge >= 0.3 is 5.97 Å². The Kier molecular flexibility index (Phi) is 4.78. The molecule has 0 saturated heterocycles. The molecule has 1 aromatic rings. The molecule has 0 aliphatic rings. The molecule has 0 amide bonds. The predicted octanol–water partition coefficient (Wildman–Crippen LogP) is 2.11. The lowest BCUT2D eigenvalue weighted by atomic mass is 10.1. The van der Waals surface area contributed by atoms with E-state index in [1.807, 2.05) is 6.92 Å². The number of halogens is 1. The van der Waals surface area contributed by atoms with E-state index < -0.39 is 5.97 Å². The molecule has 0 aliphatic carbocycles. The summed E-state index contributed by atoms with van der Waals surface area (Å²) in [6.07, 6.45) is 2.99. The van der Waals surface area contributed by atoms with Gasteiger partial charge in [-0.15, -0.1) is 0 Å². The highest BCUT2D eigenvalue weighted by molar-refractivity contribution is 6.30. The number of carbonyl (C=O) groups excluding carboxylic acids is 1. The van der Waals surface area contributed by atoms with Crippen LogP contribution in [0.3, 0.4) is 0 Å². The average molecular weight is 257 g/mol. The first-order valence-electron chi connectivity index (χ1n) is 4.92. The highest BCUT2D eigenvalue weighted by atomic mass is 35.5. The summed E-state index contributed by atoms with van der Waals surface area (Å²) in [7, 11) is 1.26. The molecule has 0 aromatic carbocycles. The van der Waals surface area contributed by atoms with Crippen LogP contribution in [-0.4, -0.2) is 24.7 Å². The van der Waals surface area contributed by atoms with E-state index in [1.165, 1.54) is 19.4 Å². The number of methoxy groups -OCH3 is 1. The molecule has 17 heavy (non-hydrogen) atoms. The molecule has 0 aliphatic heterocycles. The second-order valence-electron chi connectivity index (χ2n) is 3.05. The zero-order valence-electron chi connectivity index (χ0n) is 9.57. The van der Waals surface area contributed by atoms with Crippen LogP contribution in [0.1, 0.15) is 23.0 Å². The first-order chi connectivity index (χ1) is 8.10. The topological polar surface area (TPSA) is 74.4 Å². The molecule has 0 radical (unpaired) electrons. The van der Waals surface area contributed by atoms with Crippen LogP contribution < -0.4 is 5.73 Å². The Labute approximate surface area is 104 Å². The van der Waals surface area contributed by atoms with Gasteiger partial charge in [0.15, 0.2) is 5.69 Å². The standard InChI is InChI=1S/C11H13ClN2O3/c1-3-17-5-4-7-8(13)6-9(12)14-10(7)11(15)16-2/h4-6H,3H2,1-2H3,(H2,13,14). The maximum absolute atomic E-state index is 11.5. The van der Waals surface area contributed by atoms with Crippen LogP contribution in [0, 0.1) is 0 Å². The highest BCUT2D eigenvalue weighted by Gasteiger charge is 2.16. The fourth-order valence-electron chi connectivity index (χ4n) is 1.18. The number of nitrogens with two attached hydrogens (primary N) is 1. The normalized spacial score (nSPS) is 10.5. The van der Waals surface area contributed by atoms with Crippen LogP contribution in [0.5, 0.6) is 0 Å². The summed E-state index contributed by atoms with van der Waals surface area (Å²) < 4.78 is 9.64. The van der Waals surface area contributed by atoms with E-state index in [1.54, 1.807) is 6.08 Å². The number of hydrogen-bond donors (Lipinski definition) is 1. The number of ether oxygens (including phenoxy) is 2. The SMILES string of the molecule is CCOC=Cc1c(N)cc(Cl)nc1C(=O)OC. The second kappa shape index (κ2) is 6.10. The van der Waals surface area contributed by atoms with E-state index in [0.29, 0.717) is 17.9 Å². The quantitative estimate of drug-likeness (QED) is 0.507. The molecule has 0 saturated carbocycles. The van der Waals surface area contributed by atoms with Crippen LogP contribution in [-0.2, 0) is 9.47 Å². The van der Waals surface area contributed by atoms with E-state index in [2.05, 4.69) is 9.72 Å². The zero-order chi connectivity index (χ0) is 12.8. The predicted molar refractivity (Wildman–Crippen MR) is 65.7 cm³/mol. The highest BCUT2D eigenvalue weighted by Crippen LogP contribution is 2.22. The lowest BCUT2D eigenvalue weighted by Gasteiger charge is -2.07. The monoisotopic (exact) mass is 256 g/mol. The molecule has 0 fully saturated rings. The first kappa shape index (κ1) is 13.3. The molecule has 2 N–H and O–H groups in total. The van der Waals surface area contributed by atoms with Gasteiger partial charge in [-0.25, -0.2) is 9.78 Å². The third-order valence-electron chi connectivity index (χ3n) is 1.94. The Bertz CT molecular complexity index is 447. The number of hydrogen-bond acceptors (Lipinski definition) is 5. The van der Waals surface area contributed by atoms with Crippen molar-refractivity contribution in [2.45, 2.75) is 6.92 Å². The Balaban J connectivity index is 3.20. The average Bonchev–Trinajstić information content (AvgIpc) is 2.30. The number of pyridine rings is 1. The Morgan fingerprint density at radius 3 is 2.94 bits per heavy atom. The van der Waals surface area contributed by atoms with E-state index in [4.69, 9.17) is 22.1 Å². The van der Waals surface area contributed by atoms with Gasteiger partial charge < -0.3 is 15.2 Å². The number of rotatable bonds is 4. The van der Waals surface area contributed by atoms with Crippen LogP contribution in [0.2, 0.25) is 5.15 Å². The molecule has 1 rings (SSSR count). The van der Waals surface area contributed by atoms with Gasteiger partial charge in [0.2, 0.25) is 0 Å². The summed E-state index contributed by atoms with van der Waals surface area (Å²) in [6, 6.07) is 1.46. The molecular weight excluding hydrogens is 244 g/mol. The summed E-state index contributed by atoms with van der Waals surface area (Å²) in [5.74, 6) is -0.602. The van der Waals surface area contributed by atoms with Gasteiger partial charge in [0.1, 0.15) is 5.15 Å². The van der Waals surface area contributed by atoms with Crippen molar-refractivity contribution in [2.24, 2.45) is 0 Å². The molecule has 0 spiro atoms. The van der Waals surface area contributed by atoms with Crippen LogP contribution in [0.4, 0.5) is 5.69 Å². The third-order valence-corrected chi connectivity index (χ3v) is 2.13. The summed E-state index contributed by atoms with van der Waals surface area (Å²) >= 11 is 5.73. The summed E-state index contributed by atoms with van der Waals surface area (Å²) in [5.41, 5.74) is 6.58. The van der Waals surface area contributed by atoms with Crippen molar-refractivity contribution >= 4 is 29.3 Å². The minimum Gasteiger partial charge on any atom is -0.501 e. The maximum atomic E-state index is 11.5. The Hall–Kier alpha value is -1.75. The van der Waals surface area contributed by atoms with Crippen molar-refractivity contribution in [3.63, 3.8) is 0 Å². The van der Waals surface area contributed by atoms with Gasteiger partial charge in [-0.05, 0) is 19.1 Å². The molecule has 92 valence electrons. The van der Waals surface area contributed by atoms with Gasteiger partial charge in [0.05, 0.1) is 20.0 Å². The minimum atomic E-state index is -0.602. The van der Waals surface area contributed by atoms with E-state index in [0.717, 1.165) is 0 Å². The fraction of sp³-hybridized carbons (Fsp3) is 0.273. The number of anilines is 1.